The lowest BCUT2D eigenvalue weighted by Crippen LogP contribution is -2.25. The Kier molecular flexibility index (Phi) is 17.7. The van der Waals surface area contributed by atoms with Gasteiger partial charge in [0.25, 0.3) is 0 Å². The molecule has 0 saturated heterocycles. The second-order valence-corrected chi connectivity index (χ2v) is 39.0. The zero-order valence-electron chi connectivity index (χ0n) is 77.4. The molecule has 139 heavy (non-hydrogen) atoms. The average Bonchev–Trinajstić information content (AvgIpc) is 1.50. The van der Waals surface area contributed by atoms with Gasteiger partial charge in [0, 0.05) is 112 Å². The topological polar surface area (TPSA) is 29.6 Å². The van der Waals surface area contributed by atoms with Crippen molar-refractivity contribution < 1.29 is 0 Å². The Morgan fingerprint density at radius 3 is 1.02 bits per heavy atom. The third kappa shape index (κ3) is 11.9. The second kappa shape index (κ2) is 30.7. The van der Waals surface area contributed by atoms with E-state index in [0.717, 1.165) is 17.1 Å². The number of hydrogen-bond donors (Lipinski definition) is 0. The molecule has 654 valence electrons. The molecule has 6 nitrogen and oxygen atoms in total. The smallest absolute Gasteiger partial charge is 0.0788 e. The predicted octanol–water partition coefficient (Wildman–Crippen LogP) is 34.1. The molecule has 0 bridgehead atoms. The van der Waals surface area contributed by atoms with Crippen LogP contribution in [0.3, 0.4) is 0 Å². The zero-order valence-corrected chi connectivity index (χ0v) is 77.4. The van der Waals surface area contributed by atoms with E-state index in [2.05, 4.69) is 541 Å². The summed E-state index contributed by atoms with van der Waals surface area (Å²) in [7, 11) is 0. The largest absolute Gasteiger partial charge is 0.316 e. The maximum absolute atomic E-state index is 2.48. The summed E-state index contributed by atoms with van der Waals surface area (Å²) in [6, 6.07) is 172. The van der Waals surface area contributed by atoms with Crippen molar-refractivity contribution in [2.45, 2.75) is 43.9 Å². The Hall–Kier alpha value is -17.6. The number of hydrogen-bond acceptors (Lipinski definition) is 0. The van der Waals surface area contributed by atoms with Gasteiger partial charge >= 0.3 is 0 Å². The van der Waals surface area contributed by atoms with Crippen molar-refractivity contribution >= 4 is 98.1 Å². The van der Waals surface area contributed by atoms with Crippen LogP contribution in [0, 0.1) is 0 Å². The van der Waals surface area contributed by atoms with E-state index < -0.39 is 0 Å². The third-order valence-electron chi connectivity index (χ3n) is 31.1. The van der Waals surface area contributed by atoms with Crippen molar-refractivity contribution in [1.82, 2.24) is 27.4 Å². The summed E-state index contributed by atoms with van der Waals surface area (Å²) in [5.41, 5.74) is 46.9. The highest BCUT2D eigenvalue weighted by Gasteiger charge is 2.52. The van der Waals surface area contributed by atoms with Gasteiger partial charge in [0.15, 0.2) is 0 Å². The number of fused-ring (bicyclic) bond motifs is 31. The van der Waals surface area contributed by atoms with Crippen molar-refractivity contribution in [3.05, 3.63) is 530 Å². The molecule has 0 N–H and O–H groups in total. The van der Waals surface area contributed by atoms with Gasteiger partial charge in [-0.2, -0.15) is 0 Å². The van der Waals surface area contributed by atoms with E-state index in [4.69, 9.17) is 0 Å². The summed E-state index contributed by atoms with van der Waals surface area (Å²) in [5, 5.41) is 11.3. The number of nitrogens with zero attached hydrogens (tertiary/aromatic N) is 6. The molecule has 1 spiro atoms. The van der Waals surface area contributed by atoms with Gasteiger partial charge < -0.3 is 27.4 Å². The first-order valence-corrected chi connectivity index (χ1v) is 48.5. The standard InChI is InChI=1S/C57H36N2.C41H30N2.C35H26N2/c1-3-16-42(17-4-1)58-33-32-37-26-30-48-49-35-40(28-31-54(49)59(56(48)55(37)58)43-18-5-2-6-19-43)38-14-13-15-39(34-38)41-27-29-47-46-22-9-12-25-52(46)57(53(47)36-41)50-23-10-7-20-44(50)45-21-8-11-24-51(45)57;1-41(2)36-14-8-6-12-31(36)32-21-18-28(26-37(32)41)27-16-19-29(20-17-27)42-25-24-35-38(42)23-22-34-33-13-7-9-15-39(33)43(40(34)35)30-10-4-3-5-11-30;1-35(2)30-14-8-6-12-25(30)26-17-16-24(22-31(26)35)36-21-20-29-32(36)19-18-28-27-13-7-9-15-33(27)37(34(28)29)23-10-4-3-5-11-23/h1-36H;3-26H,1-2H3;3-22H,1-2H3. The van der Waals surface area contributed by atoms with Crippen molar-refractivity contribution in [2.24, 2.45) is 0 Å². The van der Waals surface area contributed by atoms with Crippen LogP contribution in [0.25, 0.3) is 210 Å². The van der Waals surface area contributed by atoms with E-state index in [1.807, 2.05) is 0 Å². The molecular formula is C133H92N6. The molecule has 0 atom stereocenters. The highest BCUT2D eigenvalue weighted by atomic mass is 15.0. The van der Waals surface area contributed by atoms with E-state index in [1.165, 1.54) is 238 Å². The van der Waals surface area contributed by atoms with Crippen LogP contribution in [0.5, 0.6) is 0 Å². The lowest BCUT2D eigenvalue weighted by atomic mass is 9.70. The van der Waals surface area contributed by atoms with Gasteiger partial charge in [-0.1, -0.05) is 349 Å². The van der Waals surface area contributed by atoms with Crippen molar-refractivity contribution in [2.75, 3.05) is 0 Å². The molecule has 26 aromatic rings. The summed E-state index contributed by atoms with van der Waals surface area (Å²) >= 11 is 0. The lowest BCUT2D eigenvalue weighted by molar-refractivity contribution is 0.660. The van der Waals surface area contributed by atoms with E-state index >= 15 is 0 Å². The Morgan fingerprint density at radius 1 is 0.158 bits per heavy atom. The van der Waals surface area contributed by atoms with Crippen LogP contribution in [0.4, 0.5) is 0 Å². The molecule has 0 saturated carbocycles. The molecule has 0 radical (unpaired) electrons. The molecule has 4 aliphatic carbocycles. The molecule has 6 heteroatoms. The van der Waals surface area contributed by atoms with Gasteiger partial charge in [0.1, 0.15) is 0 Å². The van der Waals surface area contributed by atoms with Crippen LogP contribution < -0.4 is 0 Å². The molecule has 20 aromatic carbocycles. The van der Waals surface area contributed by atoms with Crippen LogP contribution in [0.1, 0.15) is 72.2 Å². The molecule has 30 rings (SSSR count). The van der Waals surface area contributed by atoms with Gasteiger partial charge in [-0.3, -0.25) is 0 Å². The maximum Gasteiger partial charge on any atom is 0.0788 e. The summed E-state index contributed by atoms with van der Waals surface area (Å²) in [5.74, 6) is 0. The van der Waals surface area contributed by atoms with Crippen LogP contribution in [-0.2, 0) is 16.2 Å². The monoisotopic (exact) mass is 1770 g/mol. The predicted molar refractivity (Wildman–Crippen MR) is 581 cm³/mol. The molecule has 6 heterocycles. The van der Waals surface area contributed by atoms with Crippen molar-refractivity contribution in [3.8, 4) is 112 Å². The Labute approximate surface area is 806 Å². The SMILES string of the molecule is CC1(C)c2ccccc2-c2ccc(-c3ccc(-n4ccc5c4ccc4c6ccccc6n(-c6ccccc6)c45)cc3)cc21.CC1(C)c2ccccc2-c2ccc(-n3ccc4c3ccc3c5ccccc5n(-c5ccccc5)c34)cc21.c1ccc(-n2ccc3ccc4c5cc(-c6cccc(-c7ccc8c(c7)C7(c9ccccc9-c9ccccc97)c7ccccc7-8)c6)ccc5n(-c5ccccc5)c4c32)cc1. The van der Waals surface area contributed by atoms with Crippen LogP contribution in [-0.4, -0.2) is 27.4 Å². The summed E-state index contributed by atoms with van der Waals surface area (Å²) in [4.78, 5) is 0. The van der Waals surface area contributed by atoms with Crippen molar-refractivity contribution in [3.63, 3.8) is 0 Å². The molecule has 4 aliphatic rings. The zero-order chi connectivity index (χ0) is 92.1. The molecule has 0 amide bonds. The molecule has 0 unspecified atom stereocenters. The molecule has 0 fully saturated rings. The van der Waals surface area contributed by atoms with Crippen LogP contribution in [0.15, 0.2) is 486 Å². The van der Waals surface area contributed by atoms with Gasteiger partial charge in [0.05, 0.1) is 55.1 Å². The third-order valence-corrected chi connectivity index (χ3v) is 31.1. The molecule has 6 aromatic heterocycles. The first-order chi connectivity index (χ1) is 68.5. The quantitative estimate of drug-likeness (QED) is 0.138. The Bertz CT molecular complexity index is 9490. The van der Waals surface area contributed by atoms with E-state index in [-0.39, 0.29) is 16.2 Å². The fraction of sp³-hybridized carbons (Fsp3) is 0.0526. The molecule has 0 aliphatic heterocycles. The fourth-order valence-corrected chi connectivity index (χ4v) is 24.7. The lowest BCUT2D eigenvalue weighted by Gasteiger charge is -2.30. The minimum absolute atomic E-state index is 0.000511. The Morgan fingerprint density at radius 2 is 0.496 bits per heavy atom. The van der Waals surface area contributed by atoms with Gasteiger partial charge in [0.2, 0.25) is 0 Å². The maximum atomic E-state index is 2.48. The van der Waals surface area contributed by atoms with E-state index in [1.54, 1.807) is 0 Å². The van der Waals surface area contributed by atoms with E-state index in [0.29, 0.717) is 0 Å². The highest BCUT2D eigenvalue weighted by Crippen LogP contribution is 2.64. The summed E-state index contributed by atoms with van der Waals surface area (Å²) in [6.07, 6.45) is 6.64. The number of rotatable bonds is 9. The van der Waals surface area contributed by atoms with Gasteiger partial charge in [-0.15, -0.1) is 0 Å². The minimum Gasteiger partial charge on any atom is -0.316 e. The van der Waals surface area contributed by atoms with Gasteiger partial charge in [-0.05, 0) is 268 Å². The second-order valence-electron chi connectivity index (χ2n) is 39.0. The average molecular weight is 1770 g/mol. The van der Waals surface area contributed by atoms with Gasteiger partial charge in [-0.25, -0.2) is 0 Å². The Balaban J connectivity index is 0.000000106. The normalized spacial score (nSPS) is 13.5. The highest BCUT2D eigenvalue weighted by molar-refractivity contribution is 6.22. The summed E-state index contributed by atoms with van der Waals surface area (Å²) in [6.45, 7) is 9.37. The number of benzene rings is 20. The fourth-order valence-electron chi connectivity index (χ4n) is 24.7. The van der Waals surface area contributed by atoms with Crippen LogP contribution >= 0.6 is 0 Å². The van der Waals surface area contributed by atoms with Crippen LogP contribution in [0.2, 0.25) is 0 Å². The first-order valence-electron chi connectivity index (χ1n) is 48.5. The number of aromatic nitrogens is 6. The van der Waals surface area contributed by atoms with Crippen molar-refractivity contribution in [1.29, 1.82) is 0 Å². The minimum atomic E-state index is -0.365. The first kappa shape index (κ1) is 79.9. The summed E-state index contributed by atoms with van der Waals surface area (Å²) < 4.78 is 14.3. The molecular weight excluding hydrogens is 1680 g/mol. The number of para-hydroxylation sites is 6. The van der Waals surface area contributed by atoms with E-state index in [9.17, 15) is 0 Å².